The Balaban J connectivity index is 3.00. The molecule has 0 aliphatic rings. The van der Waals surface area contributed by atoms with Crippen LogP contribution in [0.1, 0.15) is 11.8 Å². The van der Waals surface area contributed by atoms with Gasteiger partial charge in [-0.2, -0.15) is 0 Å². The second kappa shape index (κ2) is 2.77. The summed E-state index contributed by atoms with van der Waals surface area (Å²) in [4.78, 5) is 0. The predicted molar refractivity (Wildman–Crippen MR) is 48.0 cm³/mol. The quantitative estimate of drug-likeness (QED) is 0.657. The Morgan fingerprint density at radius 1 is 0.632 bits per heavy atom. The summed E-state index contributed by atoms with van der Waals surface area (Å²) in [5, 5.41) is 4.47. The lowest BCUT2D eigenvalue weighted by Gasteiger charge is -2.39. The fourth-order valence-corrected chi connectivity index (χ4v) is 2.04. The first kappa shape index (κ1) is 16.2. The molecule has 0 N–H and O–H groups in total. The summed E-state index contributed by atoms with van der Waals surface area (Å²) >= 11 is 0. The molecule has 0 bridgehead atoms. The summed E-state index contributed by atoms with van der Waals surface area (Å²) in [7, 11) is -20.1. The van der Waals surface area contributed by atoms with Crippen LogP contribution >= 0.6 is 20.4 Å². The van der Waals surface area contributed by atoms with Crippen molar-refractivity contribution in [2.75, 3.05) is 0 Å². The minimum absolute atomic E-state index is 1.92. The van der Waals surface area contributed by atoms with Crippen molar-refractivity contribution in [3.63, 3.8) is 0 Å². The molecular weight excluding hydrogens is 346 g/mol. The van der Waals surface area contributed by atoms with Crippen molar-refractivity contribution in [1.29, 1.82) is 0 Å². The Labute approximate surface area is 98.0 Å². The van der Waals surface area contributed by atoms with Crippen LogP contribution in [0.15, 0.2) is 4.42 Å². The molecule has 1 aromatic heterocycles. The molecule has 1 rings (SSSR count). The highest BCUT2D eigenvalue weighted by Gasteiger charge is 2.66. The molecule has 0 radical (unpaired) electrons. The van der Waals surface area contributed by atoms with Gasteiger partial charge in [-0.05, 0) is 0 Å². The van der Waals surface area contributed by atoms with Crippen molar-refractivity contribution in [2.24, 2.45) is 0 Å². The minimum Gasteiger partial charge on any atom is -0.423 e. The van der Waals surface area contributed by atoms with E-state index in [1.165, 1.54) is 0 Å². The molecule has 3 nitrogen and oxygen atoms in total. The van der Waals surface area contributed by atoms with Crippen LogP contribution < -0.4 is 0 Å². The van der Waals surface area contributed by atoms with E-state index < -0.39 is 43.7 Å². The topological polar surface area (TPSA) is 38.9 Å². The van der Waals surface area contributed by atoms with Crippen molar-refractivity contribution < 1.29 is 43.3 Å². The van der Waals surface area contributed by atoms with Gasteiger partial charge in [-0.15, -0.1) is 10.2 Å². The highest BCUT2D eigenvalue weighted by Crippen LogP contribution is 3.00. The number of halogens is 10. The highest BCUT2D eigenvalue weighted by atomic mass is 32.5. The largest absolute Gasteiger partial charge is 0.423 e. The molecule has 15 heteroatoms. The zero-order valence-corrected chi connectivity index (χ0v) is 9.95. The summed E-state index contributed by atoms with van der Waals surface area (Å²) < 4.78 is 123. The Morgan fingerprint density at radius 3 is 1.11 bits per heavy atom. The molecule has 1 heterocycles. The third-order valence-electron chi connectivity index (χ3n) is 1.30. The Hall–Kier alpha value is -0.860. The van der Waals surface area contributed by atoms with Gasteiger partial charge in [0, 0.05) is 0 Å². The molecule has 0 fully saturated rings. The van der Waals surface area contributed by atoms with E-state index in [4.69, 9.17) is 0 Å². The van der Waals surface area contributed by atoms with Crippen molar-refractivity contribution in [3.8, 4) is 0 Å². The molecule has 19 heavy (non-hydrogen) atoms. The average molecular weight is 350 g/mol. The standard InChI is InChI=1S/C4H4F10N2OS2/c5-18(6,7,8,9)1-3-15-16-4(17-3)2-19(10,11,12,13)14/h1-2H2. The highest BCUT2D eigenvalue weighted by molar-refractivity contribution is 8.45. The Kier molecular flexibility index (Phi) is 2.36. The number of hydrogen-bond donors (Lipinski definition) is 0. The van der Waals surface area contributed by atoms with Crippen molar-refractivity contribution in [3.05, 3.63) is 11.8 Å². The van der Waals surface area contributed by atoms with Crippen LogP contribution in [0.3, 0.4) is 0 Å². The molecule has 0 unspecified atom stereocenters. The minimum atomic E-state index is -10.0. The van der Waals surface area contributed by atoms with Gasteiger partial charge in [0.25, 0.3) is 20.4 Å². The van der Waals surface area contributed by atoms with Gasteiger partial charge < -0.3 is 4.42 Å². The summed E-state index contributed by atoms with van der Waals surface area (Å²) in [6.07, 6.45) is 0. The molecule has 1 aromatic rings. The lowest BCUT2D eigenvalue weighted by molar-refractivity contribution is 0.343. The first-order valence-corrected chi connectivity index (χ1v) is 8.12. The van der Waals surface area contributed by atoms with Crippen LogP contribution in [0.25, 0.3) is 0 Å². The van der Waals surface area contributed by atoms with E-state index in [1.54, 1.807) is 0 Å². The van der Waals surface area contributed by atoms with Gasteiger partial charge in [-0.25, -0.2) is 0 Å². The first-order valence-electron chi connectivity index (χ1n) is 3.88. The number of nitrogens with zero attached hydrogens (tertiary/aromatic N) is 2. The van der Waals surface area contributed by atoms with E-state index in [-0.39, 0.29) is 0 Å². The van der Waals surface area contributed by atoms with E-state index in [0.717, 1.165) is 0 Å². The van der Waals surface area contributed by atoms with Gasteiger partial charge in [0.15, 0.2) is 11.5 Å². The van der Waals surface area contributed by atoms with Crippen LogP contribution in [0.2, 0.25) is 0 Å². The van der Waals surface area contributed by atoms with Crippen LogP contribution in [0, 0.1) is 0 Å². The second-order valence-electron chi connectivity index (χ2n) is 3.64. The third-order valence-corrected chi connectivity index (χ3v) is 2.89. The molecule has 0 aromatic carbocycles. The second-order valence-corrected chi connectivity index (χ2v) is 8.73. The average Bonchev–Trinajstić information content (AvgIpc) is 2.20. The van der Waals surface area contributed by atoms with Crippen molar-refractivity contribution >= 4 is 20.4 Å². The van der Waals surface area contributed by atoms with Gasteiger partial charge >= 0.3 is 0 Å². The zero-order chi connectivity index (χ0) is 15.5. The fourth-order valence-electron chi connectivity index (χ4n) is 0.872. The van der Waals surface area contributed by atoms with Crippen molar-refractivity contribution in [1.82, 2.24) is 10.2 Å². The predicted octanol–water partition coefficient (Wildman–Crippen LogP) is 5.67. The Bertz CT molecular complexity index is 464. The lowest BCUT2D eigenvalue weighted by Crippen LogP contribution is -2.09. The number of aromatic nitrogens is 2. The maximum Gasteiger partial charge on any atom is 0.293 e. The van der Waals surface area contributed by atoms with Crippen LogP contribution in [0.4, 0.5) is 38.9 Å². The van der Waals surface area contributed by atoms with E-state index in [0.29, 0.717) is 0 Å². The first-order chi connectivity index (χ1) is 7.61. The smallest absolute Gasteiger partial charge is 0.293 e. The molecule has 0 saturated heterocycles. The van der Waals surface area contributed by atoms with E-state index in [9.17, 15) is 38.9 Å². The van der Waals surface area contributed by atoms with Gasteiger partial charge in [0.05, 0.1) is 0 Å². The zero-order valence-electron chi connectivity index (χ0n) is 8.31. The van der Waals surface area contributed by atoms with Crippen LogP contribution in [-0.2, 0) is 11.5 Å². The summed E-state index contributed by atoms with van der Waals surface area (Å²) in [6.45, 7) is 0. The summed E-state index contributed by atoms with van der Waals surface area (Å²) in [6, 6.07) is 0. The molecule has 0 aliphatic carbocycles. The van der Waals surface area contributed by atoms with Crippen molar-refractivity contribution in [2.45, 2.75) is 11.5 Å². The molecule has 118 valence electrons. The van der Waals surface area contributed by atoms with Crippen LogP contribution in [-0.4, -0.2) is 10.2 Å². The van der Waals surface area contributed by atoms with E-state index in [1.807, 2.05) is 0 Å². The van der Waals surface area contributed by atoms with Crippen LogP contribution in [0.5, 0.6) is 0 Å². The molecule has 0 amide bonds. The van der Waals surface area contributed by atoms with E-state index in [2.05, 4.69) is 14.6 Å². The molecule has 0 atom stereocenters. The molecule has 0 aliphatic heterocycles. The molecule has 0 spiro atoms. The van der Waals surface area contributed by atoms with Gasteiger partial charge in [-0.1, -0.05) is 38.9 Å². The molecule has 0 saturated carbocycles. The van der Waals surface area contributed by atoms with Gasteiger partial charge in [0.1, 0.15) is 0 Å². The maximum atomic E-state index is 11.9. The number of rotatable bonds is 4. The van der Waals surface area contributed by atoms with Gasteiger partial charge in [-0.3, -0.25) is 0 Å². The van der Waals surface area contributed by atoms with E-state index >= 15 is 0 Å². The monoisotopic (exact) mass is 350 g/mol. The Morgan fingerprint density at radius 2 is 0.895 bits per heavy atom. The summed E-state index contributed by atoms with van der Waals surface area (Å²) in [5.41, 5.74) is 0. The third kappa shape index (κ3) is 8.02. The van der Waals surface area contributed by atoms with Gasteiger partial charge in [0.2, 0.25) is 11.8 Å². The normalized spacial score (nSPS) is 21.2. The SMILES string of the molecule is FS(F)(F)(F)(F)Cc1nnc(CS(F)(F)(F)(F)F)o1. The lowest BCUT2D eigenvalue weighted by atomic mass is 10.8. The summed E-state index contributed by atoms with van der Waals surface area (Å²) in [5.74, 6) is -9.97. The molecular formula is C4H4F10N2OS2. The fraction of sp³-hybridized carbons (Fsp3) is 0.500. The number of hydrogen-bond acceptors (Lipinski definition) is 3. The maximum absolute atomic E-state index is 11.9.